The largest absolute Gasteiger partial charge is 0.379 e. The van der Waals surface area contributed by atoms with Gasteiger partial charge in [-0.1, -0.05) is 0 Å². The third-order valence-corrected chi connectivity index (χ3v) is 2.99. The number of aromatic nitrogens is 2. The van der Waals surface area contributed by atoms with Crippen molar-refractivity contribution in [3.8, 4) is 0 Å². The summed E-state index contributed by atoms with van der Waals surface area (Å²) in [6, 6.07) is 1.99. The number of rotatable bonds is 5. The molecule has 1 amide bonds. The summed E-state index contributed by atoms with van der Waals surface area (Å²) in [4.78, 5) is 11.9. The molecule has 0 aromatic carbocycles. The molecule has 2 unspecified atom stereocenters. The van der Waals surface area contributed by atoms with Crippen molar-refractivity contribution >= 4 is 5.91 Å². The maximum absolute atomic E-state index is 11.9. The van der Waals surface area contributed by atoms with Gasteiger partial charge in [0.15, 0.2) is 0 Å². The molecular weight excluding hydrogens is 220 g/mol. The molecule has 0 radical (unpaired) electrons. The summed E-state index contributed by atoms with van der Waals surface area (Å²) in [6.45, 7) is 2.39. The zero-order chi connectivity index (χ0) is 12.1. The molecule has 2 rings (SSSR count). The van der Waals surface area contributed by atoms with E-state index in [9.17, 15) is 4.79 Å². The van der Waals surface area contributed by atoms with Gasteiger partial charge in [0.2, 0.25) is 5.91 Å². The molecule has 2 atom stereocenters. The highest BCUT2D eigenvalue weighted by Gasteiger charge is 2.32. The number of carbonyl (C=O) groups excluding carboxylic acids is 1. The molecule has 1 saturated heterocycles. The molecule has 0 aliphatic carbocycles. The van der Waals surface area contributed by atoms with Gasteiger partial charge in [-0.2, -0.15) is 5.10 Å². The molecule has 1 aromatic heterocycles. The molecule has 0 saturated carbocycles. The van der Waals surface area contributed by atoms with Crippen LogP contribution in [-0.4, -0.2) is 48.5 Å². The quantitative estimate of drug-likeness (QED) is 0.707. The lowest BCUT2D eigenvalue weighted by Crippen LogP contribution is -2.43. The zero-order valence-electron chi connectivity index (χ0n) is 9.93. The average Bonchev–Trinajstić information content (AvgIpc) is 2.99. The lowest BCUT2D eigenvalue weighted by molar-refractivity contribution is -0.125. The number of amides is 1. The Kier molecular flexibility index (Phi) is 4.11. The minimum atomic E-state index is -0.0855. The van der Waals surface area contributed by atoms with E-state index in [0.29, 0.717) is 26.3 Å². The smallest absolute Gasteiger partial charge is 0.227 e. The summed E-state index contributed by atoms with van der Waals surface area (Å²) in [6.07, 6.45) is 3.60. The SMILES string of the molecule is CNC1COCC1C(=O)NCCn1cccn1. The van der Waals surface area contributed by atoms with Gasteiger partial charge in [-0.3, -0.25) is 9.48 Å². The number of hydrogen-bond donors (Lipinski definition) is 2. The number of nitrogens with one attached hydrogen (secondary N) is 2. The number of likely N-dealkylation sites (N-methyl/N-ethyl adjacent to an activating group) is 1. The molecule has 0 bridgehead atoms. The van der Waals surface area contributed by atoms with Crippen molar-refractivity contribution < 1.29 is 9.53 Å². The second-order valence-electron chi connectivity index (χ2n) is 4.10. The highest BCUT2D eigenvalue weighted by atomic mass is 16.5. The van der Waals surface area contributed by atoms with Gasteiger partial charge < -0.3 is 15.4 Å². The Hall–Kier alpha value is -1.40. The molecule has 2 heterocycles. The van der Waals surface area contributed by atoms with Crippen LogP contribution < -0.4 is 10.6 Å². The van der Waals surface area contributed by atoms with Gasteiger partial charge in [-0.05, 0) is 13.1 Å². The zero-order valence-corrected chi connectivity index (χ0v) is 9.93. The Labute approximate surface area is 100 Å². The molecule has 0 spiro atoms. The summed E-state index contributed by atoms with van der Waals surface area (Å²) < 4.78 is 7.09. The lowest BCUT2D eigenvalue weighted by atomic mass is 10.0. The molecule has 94 valence electrons. The Morgan fingerprint density at radius 1 is 1.59 bits per heavy atom. The molecule has 17 heavy (non-hydrogen) atoms. The normalized spacial score (nSPS) is 23.8. The Balaban J connectivity index is 1.73. The first-order chi connectivity index (χ1) is 8.31. The van der Waals surface area contributed by atoms with Crippen LogP contribution in [0.1, 0.15) is 0 Å². The van der Waals surface area contributed by atoms with Crippen molar-refractivity contribution in [2.24, 2.45) is 5.92 Å². The van der Waals surface area contributed by atoms with Gasteiger partial charge in [0.05, 0.1) is 25.7 Å². The summed E-state index contributed by atoms with van der Waals surface area (Å²) in [5.74, 6) is -0.0355. The first-order valence-electron chi connectivity index (χ1n) is 5.81. The van der Waals surface area contributed by atoms with Crippen molar-refractivity contribution in [1.29, 1.82) is 0 Å². The maximum Gasteiger partial charge on any atom is 0.227 e. The van der Waals surface area contributed by atoms with E-state index in [1.54, 1.807) is 10.9 Å². The van der Waals surface area contributed by atoms with Gasteiger partial charge in [-0.25, -0.2) is 0 Å². The fourth-order valence-electron chi connectivity index (χ4n) is 1.95. The number of carbonyl (C=O) groups is 1. The predicted octanol–water partition coefficient (Wildman–Crippen LogP) is -0.766. The second kappa shape index (κ2) is 5.79. The first kappa shape index (κ1) is 12.1. The van der Waals surface area contributed by atoms with Crippen molar-refractivity contribution in [2.45, 2.75) is 12.6 Å². The van der Waals surface area contributed by atoms with E-state index in [2.05, 4.69) is 15.7 Å². The van der Waals surface area contributed by atoms with Gasteiger partial charge in [0, 0.05) is 25.0 Å². The number of ether oxygens (including phenoxy) is 1. The fourth-order valence-corrected chi connectivity index (χ4v) is 1.95. The first-order valence-corrected chi connectivity index (χ1v) is 5.81. The molecule has 1 aliphatic heterocycles. The maximum atomic E-state index is 11.9. The standard InChI is InChI=1S/C11H18N4O2/c1-12-10-8-17-7-9(10)11(16)13-4-6-15-5-2-3-14-15/h2-3,5,9-10,12H,4,6-8H2,1H3,(H,13,16). The van der Waals surface area contributed by atoms with Crippen LogP contribution in [0.15, 0.2) is 18.5 Å². The predicted molar refractivity (Wildman–Crippen MR) is 62.4 cm³/mol. The van der Waals surface area contributed by atoms with Crippen LogP contribution in [0.5, 0.6) is 0 Å². The Morgan fingerprint density at radius 3 is 3.18 bits per heavy atom. The summed E-state index contributed by atoms with van der Waals surface area (Å²) >= 11 is 0. The molecular formula is C11H18N4O2. The van der Waals surface area contributed by atoms with E-state index in [0.717, 1.165) is 0 Å². The van der Waals surface area contributed by atoms with Gasteiger partial charge >= 0.3 is 0 Å². The Bertz CT molecular complexity index is 352. The molecule has 1 aromatic rings. The van der Waals surface area contributed by atoms with Gasteiger partial charge in [-0.15, -0.1) is 0 Å². The van der Waals surface area contributed by atoms with Crippen LogP contribution in [0.2, 0.25) is 0 Å². The van der Waals surface area contributed by atoms with Crippen molar-refractivity contribution in [3.63, 3.8) is 0 Å². The van der Waals surface area contributed by atoms with Crippen molar-refractivity contribution in [3.05, 3.63) is 18.5 Å². The summed E-state index contributed by atoms with van der Waals surface area (Å²) in [5, 5.41) is 10.1. The number of hydrogen-bond acceptors (Lipinski definition) is 4. The Morgan fingerprint density at radius 2 is 2.47 bits per heavy atom. The van der Waals surface area contributed by atoms with Crippen LogP contribution >= 0.6 is 0 Å². The molecule has 1 fully saturated rings. The van der Waals surface area contributed by atoms with E-state index >= 15 is 0 Å². The summed E-state index contributed by atoms with van der Waals surface area (Å²) in [7, 11) is 1.85. The average molecular weight is 238 g/mol. The van der Waals surface area contributed by atoms with E-state index in [1.165, 1.54) is 0 Å². The van der Waals surface area contributed by atoms with E-state index in [-0.39, 0.29) is 17.9 Å². The number of nitrogens with zero attached hydrogens (tertiary/aromatic N) is 2. The highest BCUT2D eigenvalue weighted by molar-refractivity contribution is 5.79. The molecule has 6 heteroatoms. The third-order valence-electron chi connectivity index (χ3n) is 2.99. The molecule has 2 N–H and O–H groups in total. The topological polar surface area (TPSA) is 68.2 Å². The van der Waals surface area contributed by atoms with Crippen molar-refractivity contribution in [2.75, 3.05) is 26.8 Å². The van der Waals surface area contributed by atoms with Crippen molar-refractivity contribution in [1.82, 2.24) is 20.4 Å². The monoisotopic (exact) mass is 238 g/mol. The molecule has 6 nitrogen and oxygen atoms in total. The minimum absolute atomic E-state index is 0.0500. The van der Waals surface area contributed by atoms with Crippen LogP contribution in [0.4, 0.5) is 0 Å². The third kappa shape index (κ3) is 3.04. The van der Waals surface area contributed by atoms with Gasteiger partial charge in [0.1, 0.15) is 0 Å². The molecule has 1 aliphatic rings. The lowest BCUT2D eigenvalue weighted by Gasteiger charge is -2.16. The van der Waals surface area contributed by atoms with Crippen LogP contribution in [0.3, 0.4) is 0 Å². The van der Waals surface area contributed by atoms with Crippen LogP contribution in [0.25, 0.3) is 0 Å². The van der Waals surface area contributed by atoms with E-state index < -0.39 is 0 Å². The van der Waals surface area contributed by atoms with E-state index in [1.807, 2.05) is 19.3 Å². The van der Waals surface area contributed by atoms with Crippen LogP contribution in [-0.2, 0) is 16.1 Å². The summed E-state index contributed by atoms with van der Waals surface area (Å²) in [5.41, 5.74) is 0. The highest BCUT2D eigenvalue weighted by Crippen LogP contribution is 2.13. The fraction of sp³-hybridized carbons (Fsp3) is 0.636. The minimum Gasteiger partial charge on any atom is -0.379 e. The van der Waals surface area contributed by atoms with Gasteiger partial charge in [0.25, 0.3) is 0 Å². The van der Waals surface area contributed by atoms with E-state index in [4.69, 9.17) is 4.74 Å². The second-order valence-corrected chi connectivity index (χ2v) is 4.10. The van der Waals surface area contributed by atoms with Crippen LogP contribution in [0, 0.1) is 5.92 Å².